The van der Waals surface area contributed by atoms with Crippen molar-refractivity contribution in [3.8, 4) is 0 Å². The smallest absolute Gasteiger partial charge is 0.231 e. The summed E-state index contributed by atoms with van der Waals surface area (Å²) in [5, 5.41) is 10.6. The highest BCUT2D eigenvalue weighted by atomic mass is 16.2. The van der Waals surface area contributed by atoms with Gasteiger partial charge in [-0.25, -0.2) is 0 Å². The first-order chi connectivity index (χ1) is 8.57. The molecule has 0 saturated carbocycles. The zero-order chi connectivity index (χ0) is 13.2. The van der Waals surface area contributed by atoms with E-state index in [-0.39, 0.29) is 11.3 Å². The predicted octanol–water partition coefficient (Wildman–Crippen LogP) is 1.45. The maximum Gasteiger partial charge on any atom is 0.231 e. The van der Waals surface area contributed by atoms with Crippen LogP contribution in [0.4, 0.5) is 5.82 Å². The number of anilines is 1. The lowest BCUT2D eigenvalue weighted by atomic mass is 9.76. The van der Waals surface area contributed by atoms with Crippen molar-refractivity contribution < 1.29 is 4.79 Å². The summed E-state index contributed by atoms with van der Waals surface area (Å²) in [6, 6.07) is 1.91. The molecular formula is C13H22N4O. The van der Waals surface area contributed by atoms with Crippen molar-refractivity contribution in [1.82, 2.24) is 15.1 Å². The molecule has 1 aromatic rings. The van der Waals surface area contributed by atoms with E-state index in [0.717, 1.165) is 43.9 Å². The maximum absolute atomic E-state index is 12.5. The zero-order valence-corrected chi connectivity index (χ0v) is 11.4. The fraction of sp³-hybridized carbons (Fsp3) is 0.692. The minimum absolute atomic E-state index is 0.134. The summed E-state index contributed by atoms with van der Waals surface area (Å²) in [7, 11) is 1.85. The highest BCUT2D eigenvalue weighted by Crippen LogP contribution is 2.33. The van der Waals surface area contributed by atoms with E-state index in [2.05, 4.69) is 22.7 Å². The molecule has 1 aromatic heterocycles. The molecule has 1 amide bonds. The number of hydrogen-bond donors (Lipinski definition) is 2. The monoisotopic (exact) mass is 250 g/mol. The number of piperidine rings is 1. The first-order valence-electron chi connectivity index (χ1n) is 6.60. The molecule has 0 spiro atoms. The fourth-order valence-electron chi connectivity index (χ4n) is 2.62. The number of rotatable bonds is 3. The lowest BCUT2D eigenvalue weighted by Gasteiger charge is -2.35. The molecule has 0 aliphatic carbocycles. The third-order valence-electron chi connectivity index (χ3n) is 3.96. The molecule has 0 aromatic carbocycles. The van der Waals surface area contributed by atoms with Crippen LogP contribution in [-0.4, -0.2) is 28.8 Å². The molecule has 0 atom stereocenters. The number of amides is 1. The topological polar surface area (TPSA) is 59.0 Å². The molecular weight excluding hydrogens is 228 g/mol. The lowest BCUT2D eigenvalue weighted by Crippen LogP contribution is -2.44. The highest BCUT2D eigenvalue weighted by molar-refractivity contribution is 5.94. The molecule has 5 heteroatoms. The normalized spacial score (nSPS) is 18.6. The van der Waals surface area contributed by atoms with E-state index in [1.807, 2.05) is 20.0 Å². The fourth-order valence-corrected chi connectivity index (χ4v) is 2.62. The lowest BCUT2D eigenvalue weighted by molar-refractivity contribution is -0.127. The highest BCUT2D eigenvalue weighted by Gasteiger charge is 2.37. The molecule has 1 aliphatic heterocycles. The van der Waals surface area contributed by atoms with Crippen LogP contribution in [-0.2, 0) is 11.8 Å². The van der Waals surface area contributed by atoms with Gasteiger partial charge in [0.25, 0.3) is 0 Å². The van der Waals surface area contributed by atoms with Gasteiger partial charge in [-0.2, -0.15) is 5.10 Å². The van der Waals surface area contributed by atoms with E-state index in [1.165, 1.54) is 0 Å². The van der Waals surface area contributed by atoms with Crippen molar-refractivity contribution in [1.29, 1.82) is 0 Å². The van der Waals surface area contributed by atoms with Gasteiger partial charge in [0.05, 0.1) is 11.1 Å². The second-order valence-electron chi connectivity index (χ2n) is 5.13. The van der Waals surface area contributed by atoms with E-state index >= 15 is 0 Å². The minimum atomic E-state index is -0.219. The summed E-state index contributed by atoms with van der Waals surface area (Å²) in [5.41, 5.74) is 0.701. The molecule has 0 bridgehead atoms. The van der Waals surface area contributed by atoms with Crippen LogP contribution in [0.5, 0.6) is 0 Å². The summed E-state index contributed by atoms with van der Waals surface area (Å²) in [6.07, 6.45) is 2.70. The van der Waals surface area contributed by atoms with Crippen molar-refractivity contribution in [3.63, 3.8) is 0 Å². The molecule has 5 nitrogen and oxygen atoms in total. The Hall–Kier alpha value is -1.36. The van der Waals surface area contributed by atoms with Gasteiger partial charge in [-0.1, -0.05) is 6.92 Å². The zero-order valence-electron chi connectivity index (χ0n) is 11.4. The number of aryl methyl sites for hydroxylation is 2. The largest absolute Gasteiger partial charge is 0.317 e. The van der Waals surface area contributed by atoms with Crippen LogP contribution < -0.4 is 10.6 Å². The van der Waals surface area contributed by atoms with Crippen LogP contribution in [0.1, 0.15) is 31.9 Å². The molecule has 2 rings (SSSR count). The van der Waals surface area contributed by atoms with E-state index in [9.17, 15) is 4.79 Å². The average Bonchev–Trinajstić information content (AvgIpc) is 2.68. The van der Waals surface area contributed by atoms with E-state index in [1.54, 1.807) is 4.68 Å². The Morgan fingerprint density at radius 3 is 2.72 bits per heavy atom. The average molecular weight is 250 g/mol. The summed E-state index contributed by atoms with van der Waals surface area (Å²) in [6.45, 7) is 5.87. The molecule has 0 radical (unpaired) electrons. The molecule has 0 unspecified atom stereocenters. The van der Waals surface area contributed by atoms with Crippen molar-refractivity contribution in [3.05, 3.63) is 11.8 Å². The Morgan fingerprint density at radius 2 is 2.22 bits per heavy atom. The Balaban J connectivity index is 2.12. The third-order valence-corrected chi connectivity index (χ3v) is 3.96. The molecule has 100 valence electrons. The Labute approximate surface area is 108 Å². The molecule has 1 fully saturated rings. The van der Waals surface area contributed by atoms with Crippen LogP contribution >= 0.6 is 0 Å². The minimum Gasteiger partial charge on any atom is -0.317 e. The Morgan fingerprint density at radius 1 is 1.56 bits per heavy atom. The summed E-state index contributed by atoms with van der Waals surface area (Å²) < 4.78 is 1.72. The number of aromatic nitrogens is 2. The molecule has 2 N–H and O–H groups in total. The van der Waals surface area contributed by atoms with Crippen molar-refractivity contribution in [2.75, 3.05) is 18.4 Å². The second-order valence-corrected chi connectivity index (χ2v) is 5.13. The van der Waals surface area contributed by atoms with Crippen LogP contribution in [0.2, 0.25) is 0 Å². The molecule has 1 aliphatic rings. The van der Waals surface area contributed by atoms with Crippen molar-refractivity contribution in [2.45, 2.75) is 33.1 Å². The van der Waals surface area contributed by atoms with Gasteiger partial charge in [-0.15, -0.1) is 0 Å². The number of nitrogens with zero attached hydrogens (tertiary/aromatic N) is 2. The molecule has 1 saturated heterocycles. The Kier molecular flexibility index (Phi) is 3.71. The number of carbonyl (C=O) groups excluding carboxylic acids is 1. The van der Waals surface area contributed by atoms with Gasteiger partial charge in [-0.05, 0) is 39.3 Å². The van der Waals surface area contributed by atoms with Gasteiger partial charge < -0.3 is 10.6 Å². The quantitative estimate of drug-likeness (QED) is 0.853. The van der Waals surface area contributed by atoms with Crippen molar-refractivity contribution >= 4 is 11.7 Å². The van der Waals surface area contributed by atoms with Gasteiger partial charge >= 0.3 is 0 Å². The first kappa shape index (κ1) is 13.1. The first-order valence-corrected chi connectivity index (χ1v) is 6.60. The summed E-state index contributed by atoms with van der Waals surface area (Å²) in [4.78, 5) is 12.5. The summed E-state index contributed by atoms with van der Waals surface area (Å²) in [5.74, 6) is 0.915. The summed E-state index contributed by atoms with van der Waals surface area (Å²) >= 11 is 0. The molecule has 2 heterocycles. The number of carbonyl (C=O) groups is 1. The van der Waals surface area contributed by atoms with E-state index in [4.69, 9.17) is 0 Å². The van der Waals surface area contributed by atoms with Gasteiger partial charge in [-0.3, -0.25) is 9.48 Å². The molecule has 18 heavy (non-hydrogen) atoms. The van der Waals surface area contributed by atoms with Crippen LogP contribution in [0.25, 0.3) is 0 Å². The van der Waals surface area contributed by atoms with Gasteiger partial charge in [0.1, 0.15) is 5.82 Å². The number of nitrogens with one attached hydrogen (secondary N) is 2. The maximum atomic E-state index is 12.5. The van der Waals surface area contributed by atoms with Crippen molar-refractivity contribution in [2.24, 2.45) is 12.5 Å². The Bertz CT molecular complexity index is 432. The van der Waals surface area contributed by atoms with Crippen LogP contribution in [0.3, 0.4) is 0 Å². The van der Waals surface area contributed by atoms with E-state index < -0.39 is 0 Å². The second kappa shape index (κ2) is 5.10. The van der Waals surface area contributed by atoms with Gasteiger partial charge in [0.2, 0.25) is 5.91 Å². The van der Waals surface area contributed by atoms with Gasteiger partial charge in [0, 0.05) is 13.1 Å². The third kappa shape index (κ3) is 2.41. The van der Waals surface area contributed by atoms with Gasteiger partial charge in [0.15, 0.2) is 0 Å². The van der Waals surface area contributed by atoms with Crippen LogP contribution in [0, 0.1) is 12.3 Å². The standard InChI is InChI=1S/C13H22N4O/c1-4-13(5-7-14-8-6-13)12(18)15-11-9-10(2)16-17(11)3/h9,14H,4-8H2,1-3H3,(H,15,18). The predicted molar refractivity (Wildman–Crippen MR) is 71.4 cm³/mol. The van der Waals surface area contributed by atoms with E-state index in [0.29, 0.717) is 0 Å². The SMILES string of the molecule is CCC1(C(=O)Nc2cc(C)nn2C)CCNCC1. The van der Waals surface area contributed by atoms with Crippen LogP contribution in [0.15, 0.2) is 6.07 Å². The number of hydrogen-bond acceptors (Lipinski definition) is 3.